The molecule has 2 aromatic carbocycles. The Balaban J connectivity index is 2.05. The van der Waals surface area contributed by atoms with E-state index in [1.807, 2.05) is 36.4 Å². The summed E-state index contributed by atoms with van der Waals surface area (Å²) in [5, 5.41) is 0.638. The standard InChI is InChI=1S/C19H18ClN3O3/c1-23(2)19(24)26-18-21-16(12-4-8-14(20)9-5-12)17(22-18)13-6-10-15(25-3)11-7-13/h4-11H,1-3H3,(H,21,22). The Morgan fingerprint density at radius 2 is 1.65 bits per heavy atom. The fourth-order valence-corrected chi connectivity index (χ4v) is 2.48. The minimum atomic E-state index is -0.511. The van der Waals surface area contributed by atoms with Crippen molar-refractivity contribution in [1.82, 2.24) is 14.9 Å². The van der Waals surface area contributed by atoms with Gasteiger partial charge >= 0.3 is 12.1 Å². The number of benzene rings is 2. The lowest BCUT2D eigenvalue weighted by molar-refractivity contribution is 0.168. The number of methoxy groups -OCH3 is 1. The lowest BCUT2D eigenvalue weighted by atomic mass is 10.1. The molecule has 26 heavy (non-hydrogen) atoms. The molecule has 134 valence electrons. The van der Waals surface area contributed by atoms with Crippen LogP contribution in [-0.2, 0) is 0 Å². The van der Waals surface area contributed by atoms with Gasteiger partial charge in [-0.2, -0.15) is 4.98 Å². The number of aromatic amines is 1. The van der Waals surface area contributed by atoms with Crippen LogP contribution in [0.5, 0.6) is 11.8 Å². The zero-order valence-corrected chi connectivity index (χ0v) is 15.4. The quantitative estimate of drug-likeness (QED) is 0.734. The predicted octanol–water partition coefficient (Wildman–Crippen LogP) is 4.47. The third-order valence-electron chi connectivity index (χ3n) is 3.73. The fraction of sp³-hybridized carbons (Fsp3) is 0.158. The topological polar surface area (TPSA) is 67.5 Å². The molecule has 0 aliphatic rings. The van der Waals surface area contributed by atoms with Gasteiger partial charge in [-0.25, -0.2) is 4.79 Å². The van der Waals surface area contributed by atoms with E-state index in [2.05, 4.69) is 9.97 Å². The molecule has 1 aromatic heterocycles. The maximum atomic E-state index is 11.8. The zero-order valence-electron chi connectivity index (χ0n) is 14.6. The van der Waals surface area contributed by atoms with Crippen molar-refractivity contribution in [3.63, 3.8) is 0 Å². The molecule has 3 rings (SSSR count). The molecule has 3 aromatic rings. The summed E-state index contributed by atoms with van der Waals surface area (Å²) in [5.74, 6) is 0.747. The van der Waals surface area contributed by atoms with Crippen molar-refractivity contribution in [2.75, 3.05) is 21.2 Å². The highest BCUT2D eigenvalue weighted by Crippen LogP contribution is 2.33. The molecule has 6 nitrogen and oxygen atoms in total. The monoisotopic (exact) mass is 371 g/mol. The van der Waals surface area contributed by atoms with Crippen molar-refractivity contribution in [1.29, 1.82) is 0 Å². The van der Waals surface area contributed by atoms with Crippen LogP contribution in [0, 0.1) is 0 Å². The number of amides is 1. The second-order valence-corrected chi connectivity index (χ2v) is 6.20. The number of imidazole rings is 1. The highest BCUT2D eigenvalue weighted by molar-refractivity contribution is 6.30. The highest BCUT2D eigenvalue weighted by atomic mass is 35.5. The van der Waals surface area contributed by atoms with E-state index in [1.165, 1.54) is 4.90 Å². The molecule has 7 heteroatoms. The van der Waals surface area contributed by atoms with Crippen molar-refractivity contribution in [2.24, 2.45) is 0 Å². The van der Waals surface area contributed by atoms with E-state index in [4.69, 9.17) is 21.1 Å². The third-order valence-corrected chi connectivity index (χ3v) is 3.98. The number of nitrogens with one attached hydrogen (secondary N) is 1. The molecule has 0 saturated carbocycles. The lowest BCUT2D eigenvalue weighted by Gasteiger charge is -2.07. The van der Waals surface area contributed by atoms with Gasteiger partial charge in [0, 0.05) is 30.2 Å². The van der Waals surface area contributed by atoms with E-state index >= 15 is 0 Å². The first kappa shape index (κ1) is 17.8. The Morgan fingerprint density at radius 3 is 2.23 bits per heavy atom. The summed E-state index contributed by atoms with van der Waals surface area (Å²) in [6.45, 7) is 0. The molecule has 0 aliphatic carbocycles. The number of rotatable bonds is 4. The van der Waals surface area contributed by atoms with Crippen LogP contribution in [0.15, 0.2) is 48.5 Å². The second kappa shape index (κ2) is 7.49. The average molecular weight is 372 g/mol. The first-order valence-corrected chi connectivity index (χ1v) is 8.25. The van der Waals surface area contributed by atoms with Crippen LogP contribution in [-0.4, -0.2) is 42.2 Å². The first-order valence-electron chi connectivity index (χ1n) is 7.87. The number of aromatic nitrogens is 2. The van der Waals surface area contributed by atoms with E-state index in [0.29, 0.717) is 10.7 Å². The molecule has 0 bridgehead atoms. The molecule has 0 fully saturated rings. The average Bonchev–Trinajstić information content (AvgIpc) is 3.06. The molecular weight excluding hydrogens is 354 g/mol. The molecule has 0 spiro atoms. The fourth-order valence-electron chi connectivity index (χ4n) is 2.36. The Hall–Kier alpha value is -2.99. The van der Waals surface area contributed by atoms with E-state index in [-0.39, 0.29) is 6.01 Å². The van der Waals surface area contributed by atoms with Gasteiger partial charge < -0.3 is 19.4 Å². The summed E-state index contributed by atoms with van der Waals surface area (Å²) in [6, 6.07) is 14.9. The number of hydrogen-bond acceptors (Lipinski definition) is 4. The number of H-pyrrole nitrogens is 1. The van der Waals surface area contributed by atoms with Crippen molar-refractivity contribution >= 4 is 17.7 Å². The summed E-state index contributed by atoms with van der Waals surface area (Å²) in [6.07, 6.45) is -0.511. The van der Waals surface area contributed by atoms with E-state index in [9.17, 15) is 4.79 Å². The number of nitrogens with zero attached hydrogens (tertiary/aromatic N) is 2. The molecule has 0 saturated heterocycles. The zero-order chi connectivity index (χ0) is 18.7. The van der Waals surface area contributed by atoms with Gasteiger partial charge in [-0.1, -0.05) is 23.7 Å². The first-order chi connectivity index (χ1) is 12.5. The normalized spacial score (nSPS) is 10.5. The van der Waals surface area contributed by atoms with Crippen LogP contribution in [0.2, 0.25) is 5.02 Å². The Kier molecular flexibility index (Phi) is 5.14. The van der Waals surface area contributed by atoms with Gasteiger partial charge in [-0.3, -0.25) is 0 Å². The number of halogens is 1. The van der Waals surface area contributed by atoms with Crippen LogP contribution in [0.25, 0.3) is 22.5 Å². The molecule has 1 amide bonds. The van der Waals surface area contributed by atoms with Gasteiger partial charge in [-0.05, 0) is 36.4 Å². The van der Waals surface area contributed by atoms with Crippen LogP contribution in [0.1, 0.15) is 0 Å². The predicted molar refractivity (Wildman–Crippen MR) is 101 cm³/mol. The van der Waals surface area contributed by atoms with Gasteiger partial charge in [0.25, 0.3) is 0 Å². The molecule has 0 radical (unpaired) electrons. The van der Waals surface area contributed by atoms with E-state index in [0.717, 1.165) is 22.6 Å². The molecule has 1 N–H and O–H groups in total. The van der Waals surface area contributed by atoms with Gasteiger partial charge in [0.1, 0.15) is 11.4 Å². The number of carbonyl (C=O) groups is 1. The van der Waals surface area contributed by atoms with Crippen molar-refractivity contribution < 1.29 is 14.3 Å². The molecule has 0 unspecified atom stereocenters. The summed E-state index contributed by atoms with van der Waals surface area (Å²) in [4.78, 5) is 20.7. The Morgan fingerprint density at radius 1 is 1.04 bits per heavy atom. The van der Waals surface area contributed by atoms with Crippen LogP contribution in [0.3, 0.4) is 0 Å². The van der Waals surface area contributed by atoms with Crippen LogP contribution < -0.4 is 9.47 Å². The summed E-state index contributed by atoms with van der Waals surface area (Å²) >= 11 is 5.98. The minimum Gasteiger partial charge on any atom is -0.497 e. The van der Waals surface area contributed by atoms with E-state index < -0.39 is 6.09 Å². The van der Waals surface area contributed by atoms with Gasteiger partial charge in [0.15, 0.2) is 0 Å². The molecule has 1 heterocycles. The Bertz CT molecular complexity index is 903. The highest BCUT2D eigenvalue weighted by Gasteiger charge is 2.18. The molecule has 0 aliphatic heterocycles. The number of hydrogen-bond donors (Lipinski definition) is 1. The maximum Gasteiger partial charge on any atom is 0.417 e. The Labute approximate surface area is 156 Å². The molecule has 0 atom stereocenters. The smallest absolute Gasteiger partial charge is 0.417 e. The van der Waals surface area contributed by atoms with Gasteiger partial charge in [0.05, 0.1) is 12.8 Å². The van der Waals surface area contributed by atoms with Crippen molar-refractivity contribution in [2.45, 2.75) is 0 Å². The summed E-state index contributed by atoms with van der Waals surface area (Å²) in [5.41, 5.74) is 3.13. The largest absolute Gasteiger partial charge is 0.497 e. The SMILES string of the molecule is COc1ccc(-c2nc(OC(=O)N(C)C)[nH]c2-c2ccc(Cl)cc2)cc1. The van der Waals surface area contributed by atoms with Crippen LogP contribution >= 0.6 is 11.6 Å². The lowest BCUT2D eigenvalue weighted by Crippen LogP contribution is -2.25. The summed E-state index contributed by atoms with van der Waals surface area (Å²) < 4.78 is 10.5. The van der Waals surface area contributed by atoms with Crippen molar-refractivity contribution in [3.05, 3.63) is 53.6 Å². The third kappa shape index (κ3) is 3.81. The second-order valence-electron chi connectivity index (χ2n) is 5.76. The number of carbonyl (C=O) groups excluding carboxylic acids is 1. The number of ether oxygens (including phenoxy) is 2. The molecular formula is C19H18ClN3O3. The van der Waals surface area contributed by atoms with Gasteiger partial charge in [-0.15, -0.1) is 0 Å². The van der Waals surface area contributed by atoms with E-state index in [1.54, 1.807) is 33.3 Å². The summed E-state index contributed by atoms with van der Waals surface area (Å²) in [7, 11) is 4.83. The van der Waals surface area contributed by atoms with Crippen molar-refractivity contribution in [3.8, 4) is 34.3 Å². The minimum absolute atomic E-state index is 0.125. The van der Waals surface area contributed by atoms with Gasteiger partial charge in [0.2, 0.25) is 0 Å². The maximum absolute atomic E-state index is 11.8. The van der Waals surface area contributed by atoms with Crippen LogP contribution in [0.4, 0.5) is 4.79 Å².